The van der Waals surface area contributed by atoms with E-state index >= 15 is 0 Å². The van der Waals surface area contributed by atoms with Gasteiger partial charge in [0, 0.05) is 13.1 Å². The maximum absolute atomic E-state index is 4.52. The number of aromatic nitrogens is 2. The Hall–Kier alpha value is -1.13. The minimum absolute atomic E-state index is 0.377. The highest BCUT2D eigenvalue weighted by Crippen LogP contribution is 2.20. The largest absolute Gasteiger partial charge is 0.312 e. The third kappa shape index (κ3) is 3.00. The molecule has 3 nitrogen and oxygen atoms in total. The number of aryl methyl sites for hydroxylation is 3. The number of hydrogen-bond acceptors (Lipinski definition) is 3. The zero-order valence-electron chi connectivity index (χ0n) is 11.3. The average molecular weight is 263 g/mol. The van der Waals surface area contributed by atoms with Crippen LogP contribution in [0.1, 0.15) is 36.3 Å². The van der Waals surface area contributed by atoms with E-state index in [1.807, 2.05) is 18.8 Å². The van der Waals surface area contributed by atoms with Gasteiger partial charge in [-0.1, -0.05) is 6.92 Å². The van der Waals surface area contributed by atoms with E-state index in [9.17, 15) is 0 Å². The summed E-state index contributed by atoms with van der Waals surface area (Å²) in [5, 5.41) is 12.3. The quantitative estimate of drug-likeness (QED) is 0.868. The average Bonchev–Trinajstić information content (AvgIpc) is 3.00. The van der Waals surface area contributed by atoms with E-state index in [0.717, 1.165) is 19.3 Å². The molecule has 1 N–H and O–H groups in total. The summed E-state index contributed by atoms with van der Waals surface area (Å²) in [6.45, 7) is 2.14. The third-order valence-corrected chi connectivity index (χ3v) is 4.07. The molecule has 0 spiro atoms. The van der Waals surface area contributed by atoms with Crippen LogP contribution in [-0.2, 0) is 19.9 Å². The van der Waals surface area contributed by atoms with E-state index in [1.54, 1.807) is 11.3 Å². The maximum Gasteiger partial charge on any atom is 0.0625 e. The molecule has 0 saturated carbocycles. The molecule has 98 valence electrons. The van der Waals surface area contributed by atoms with Crippen molar-refractivity contribution < 1.29 is 0 Å². The summed E-state index contributed by atoms with van der Waals surface area (Å²) in [5.74, 6) is 0. The molecule has 0 saturated heterocycles. The molecule has 2 rings (SSSR count). The summed E-state index contributed by atoms with van der Waals surface area (Å²) < 4.78 is 2.01. The Morgan fingerprint density at radius 2 is 2.33 bits per heavy atom. The summed E-state index contributed by atoms with van der Waals surface area (Å²) >= 11 is 1.77. The number of rotatable bonds is 6. The second-order valence-corrected chi connectivity index (χ2v) is 5.33. The molecule has 0 aromatic carbocycles. The van der Waals surface area contributed by atoms with Gasteiger partial charge in [-0.15, -0.1) is 0 Å². The van der Waals surface area contributed by atoms with Gasteiger partial charge in [-0.2, -0.15) is 16.4 Å². The summed E-state index contributed by atoms with van der Waals surface area (Å²) in [6.07, 6.45) is 3.21. The van der Waals surface area contributed by atoms with Crippen molar-refractivity contribution in [1.29, 1.82) is 0 Å². The third-order valence-electron chi connectivity index (χ3n) is 3.34. The molecule has 2 heterocycles. The Balaban J connectivity index is 2.05. The highest BCUT2D eigenvalue weighted by molar-refractivity contribution is 7.07. The van der Waals surface area contributed by atoms with Crippen LogP contribution < -0.4 is 5.32 Å². The molecule has 0 amide bonds. The second-order valence-electron chi connectivity index (χ2n) is 4.55. The van der Waals surface area contributed by atoms with Crippen molar-refractivity contribution in [2.75, 3.05) is 7.05 Å². The Labute approximate surface area is 113 Å². The molecule has 18 heavy (non-hydrogen) atoms. The number of thiophene rings is 1. The first-order chi connectivity index (χ1) is 8.74. The molecule has 4 heteroatoms. The summed E-state index contributed by atoms with van der Waals surface area (Å²) in [7, 11) is 4.06. The molecular formula is C14H21N3S. The lowest BCUT2D eigenvalue weighted by molar-refractivity contribution is 0.506. The van der Waals surface area contributed by atoms with Crippen LogP contribution >= 0.6 is 11.3 Å². The van der Waals surface area contributed by atoms with E-state index in [0.29, 0.717) is 6.04 Å². The predicted molar refractivity (Wildman–Crippen MR) is 77.0 cm³/mol. The Morgan fingerprint density at radius 3 is 2.89 bits per heavy atom. The van der Waals surface area contributed by atoms with Crippen molar-refractivity contribution in [3.63, 3.8) is 0 Å². The first kappa shape index (κ1) is 13.3. The number of hydrogen-bond donors (Lipinski definition) is 1. The Kier molecular flexibility index (Phi) is 4.55. The van der Waals surface area contributed by atoms with Crippen LogP contribution in [0.2, 0.25) is 0 Å². The van der Waals surface area contributed by atoms with Crippen LogP contribution in [0, 0.1) is 0 Å². The molecule has 1 atom stereocenters. The van der Waals surface area contributed by atoms with Crippen molar-refractivity contribution in [3.05, 3.63) is 39.8 Å². The van der Waals surface area contributed by atoms with Gasteiger partial charge in [0.15, 0.2) is 0 Å². The fourth-order valence-corrected chi connectivity index (χ4v) is 2.93. The van der Waals surface area contributed by atoms with E-state index in [4.69, 9.17) is 0 Å². The van der Waals surface area contributed by atoms with Gasteiger partial charge in [0.05, 0.1) is 11.4 Å². The SMILES string of the molecule is CCc1cc(C(CCc2ccsc2)NC)n(C)n1. The highest BCUT2D eigenvalue weighted by atomic mass is 32.1. The molecule has 0 aliphatic heterocycles. The van der Waals surface area contributed by atoms with Gasteiger partial charge in [-0.25, -0.2) is 0 Å². The van der Waals surface area contributed by atoms with Crippen LogP contribution in [0.25, 0.3) is 0 Å². The van der Waals surface area contributed by atoms with Gasteiger partial charge in [0.25, 0.3) is 0 Å². The normalized spacial score (nSPS) is 12.8. The Morgan fingerprint density at radius 1 is 1.50 bits per heavy atom. The van der Waals surface area contributed by atoms with Crippen molar-refractivity contribution >= 4 is 11.3 Å². The van der Waals surface area contributed by atoms with E-state index in [2.05, 4.69) is 40.2 Å². The van der Waals surface area contributed by atoms with Gasteiger partial charge in [0.1, 0.15) is 0 Å². The zero-order valence-corrected chi connectivity index (χ0v) is 12.1. The van der Waals surface area contributed by atoms with Crippen molar-refractivity contribution in [2.45, 2.75) is 32.2 Å². The monoisotopic (exact) mass is 263 g/mol. The molecule has 0 aliphatic carbocycles. The van der Waals surface area contributed by atoms with Crippen LogP contribution in [0.15, 0.2) is 22.9 Å². The van der Waals surface area contributed by atoms with E-state index in [1.165, 1.54) is 17.0 Å². The minimum atomic E-state index is 0.377. The van der Waals surface area contributed by atoms with Gasteiger partial charge >= 0.3 is 0 Å². The van der Waals surface area contributed by atoms with E-state index < -0.39 is 0 Å². The maximum atomic E-state index is 4.52. The van der Waals surface area contributed by atoms with Crippen molar-refractivity contribution in [1.82, 2.24) is 15.1 Å². The van der Waals surface area contributed by atoms with Gasteiger partial charge < -0.3 is 5.32 Å². The zero-order chi connectivity index (χ0) is 13.0. The van der Waals surface area contributed by atoms with Gasteiger partial charge in [-0.05, 0) is 54.8 Å². The number of nitrogens with zero attached hydrogens (tertiary/aromatic N) is 2. The van der Waals surface area contributed by atoms with Crippen LogP contribution in [-0.4, -0.2) is 16.8 Å². The molecule has 0 radical (unpaired) electrons. The van der Waals surface area contributed by atoms with Gasteiger partial charge in [0.2, 0.25) is 0 Å². The lowest BCUT2D eigenvalue weighted by Crippen LogP contribution is -2.20. The smallest absolute Gasteiger partial charge is 0.0625 e. The van der Waals surface area contributed by atoms with E-state index in [-0.39, 0.29) is 0 Å². The van der Waals surface area contributed by atoms with Crippen molar-refractivity contribution in [2.24, 2.45) is 7.05 Å². The summed E-state index contributed by atoms with van der Waals surface area (Å²) in [6, 6.07) is 4.80. The van der Waals surface area contributed by atoms with Crippen molar-refractivity contribution in [3.8, 4) is 0 Å². The fraction of sp³-hybridized carbons (Fsp3) is 0.500. The lowest BCUT2D eigenvalue weighted by Gasteiger charge is -2.15. The molecule has 1 unspecified atom stereocenters. The predicted octanol–water partition coefficient (Wildman–Crippen LogP) is 2.94. The molecule has 2 aromatic heterocycles. The Bertz CT molecular complexity index is 473. The first-order valence-corrected chi connectivity index (χ1v) is 7.40. The van der Waals surface area contributed by atoms with Crippen LogP contribution in [0.4, 0.5) is 0 Å². The summed E-state index contributed by atoms with van der Waals surface area (Å²) in [4.78, 5) is 0. The fourth-order valence-electron chi connectivity index (χ4n) is 2.23. The molecule has 0 aliphatic rings. The highest BCUT2D eigenvalue weighted by Gasteiger charge is 2.14. The molecular weight excluding hydrogens is 242 g/mol. The second kappa shape index (κ2) is 6.16. The number of nitrogens with one attached hydrogen (secondary N) is 1. The van der Waals surface area contributed by atoms with Gasteiger partial charge in [-0.3, -0.25) is 4.68 Å². The molecule has 0 bridgehead atoms. The minimum Gasteiger partial charge on any atom is -0.312 e. The van der Waals surface area contributed by atoms with Crippen LogP contribution in [0.3, 0.4) is 0 Å². The first-order valence-electron chi connectivity index (χ1n) is 6.45. The molecule has 0 fully saturated rings. The summed E-state index contributed by atoms with van der Waals surface area (Å²) in [5.41, 5.74) is 3.88. The lowest BCUT2D eigenvalue weighted by atomic mass is 10.0. The topological polar surface area (TPSA) is 29.9 Å². The molecule has 2 aromatic rings. The van der Waals surface area contributed by atoms with Crippen LogP contribution in [0.5, 0.6) is 0 Å². The standard InChI is InChI=1S/C14H21N3S/c1-4-12-9-14(17(3)16-12)13(15-2)6-5-11-7-8-18-10-11/h7-10,13,15H,4-6H2,1-3H3.